The maximum absolute atomic E-state index is 12.3. The zero-order chi connectivity index (χ0) is 21.6. The molecule has 162 valence electrons. The zero-order valence-corrected chi connectivity index (χ0v) is 17.5. The number of rotatable bonds is 4. The molecule has 0 amide bonds. The third-order valence-electron chi connectivity index (χ3n) is 5.09. The fourth-order valence-corrected chi connectivity index (χ4v) is 3.69. The van der Waals surface area contributed by atoms with Crippen LogP contribution in [-0.4, -0.2) is 57.8 Å². The Morgan fingerprint density at radius 1 is 1.41 bits per heavy atom. The molecule has 2 heterocycles. The summed E-state index contributed by atoms with van der Waals surface area (Å²) in [6.45, 7) is 3.35. The molecule has 5 unspecified atom stereocenters. The Bertz CT molecular complexity index is 697. The fourth-order valence-electron chi connectivity index (χ4n) is 3.49. The summed E-state index contributed by atoms with van der Waals surface area (Å²) in [5.41, 5.74) is 1.14. The van der Waals surface area contributed by atoms with Crippen molar-refractivity contribution in [2.75, 3.05) is 0 Å². The van der Waals surface area contributed by atoms with Crippen molar-refractivity contribution >= 4 is 23.5 Å². The van der Waals surface area contributed by atoms with Gasteiger partial charge in [-0.15, -0.1) is 0 Å². The maximum atomic E-state index is 12.3. The molecule has 29 heavy (non-hydrogen) atoms. The monoisotopic (exact) mass is 428 g/mol. The lowest BCUT2D eigenvalue weighted by Crippen LogP contribution is -2.37. The Hall–Kier alpha value is -1.67. The van der Waals surface area contributed by atoms with Crippen LogP contribution in [0.15, 0.2) is 34.4 Å². The van der Waals surface area contributed by atoms with E-state index in [0.29, 0.717) is 41.9 Å². The summed E-state index contributed by atoms with van der Waals surface area (Å²) >= 11 is 6.26. The Labute approximate surface area is 175 Å². The molecule has 1 fully saturated rings. The van der Waals surface area contributed by atoms with E-state index in [1.54, 1.807) is 13.8 Å². The van der Waals surface area contributed by atoms with E-state index in [0.717, 1.165) is 0 Å². The first-order valence-corrected chi connectivity index (χ1v) is 10.1. The van der Waals surface area contributed by atoms with Gasteiger partial charge in [0.1, 0.15) is 18.3 Å². The highest BCUT2D eigenvalue weighted by atomic mass is 35.5. The fraction of sp³-hybridized carbons (Fsp3) is 0.619. The molecule has 0 aromatic carbocycles. The van der Waals surface area contributed by atoms with Crippen LogP contribution in [0.3, 0.4) is 0 Å². The van der Waals surface area contributed by atoms with E-state index in [1.807, 2.05) is 12.2 Å². The average Bonchev–Trinajstić information content (AvgIpc) is 3.00. The molecule has 2 aliphatic rings. The first-order valence-electron chi connectivity index (χ1n) is 9.77. The van der Waals surface area contributed by atoms with Crippen LogP contribution in [0, 0.1) is 0 Å². The van der Waals surface area contributed by atoms with Crippen molar-refractivity contribution in [2.24, 2.45) is 0 Å². The van der Waals surface area contributed by atoms with Crippen LogP contribution in [0.5, 0.6) is 0 Å². The number of carboxylic acids is 1. The van der Waals surface area contributed by atoms with Crippen LogP contribution in [0.1, 0.15) is 52.4 Å². The molecule has 2 bridgehead atoms. The second kappa shape index (κ2) is 10.9. The predicted molar refractivity (Wildman–Crippen MR) is 107 cm³/mol. The minimum absolute atomic E-state index is 0.197. The van der Waals surface area contributed by atoms with Crippen molar-refractivity contribution in [1.29, 1.82) is 0 Å². The highest BCUT2D eigenvalue weighted by molar-refractivity contribution is 6.29. The number of fused-ring (bicyclic) bond motifs is 2. The van der Waals surface area contributed by atoms with Gasteiger partial charge in [-0.3, -0.25) is 9.59 Å². The van der Waals surface area contributed by atoms with Gasteiger partial charge in [0, 0.05) is 11.5 Å². The lowest BCUT2D eigenvalue weighted by atomic mass is 10.0. The van der Waals surface area contributed by atoms with Gasteiger partial charge < -0.3 is 24.8 Å². The molecule has 0 aromatic heterocycles. The SMILES string of the molecule is CC(=CC(O)C1OC2CCC(Cl)=CCC=C(C)C(O)CC(=O)OC1C2)CC(=O)O. The van der Waals surface area contributed by atoms with Crippen molar-refractivity contribution in [1.82, 2.24) is 0 Å². The number of aliphatic carboxylic acids is 1. The molecular formula is C21H29ClO7. The van der Waals surface area contributed by atoms with E-state index in [-0.39, 0.29) is 18.9 Å². The molecule has 0 aliphatic carbocycles. The number of carbonyl (C=O) groups is 2. The molecular weight excluding hydrogens is 400 g/mol. The summed E-state index contributed by atoms with van der Waals surface area (Å²) in [6, 6.07) is 0. The molecule has 1 saturated heterocycles. The van der Waals surface area contributed by atoms with Crippen LogP contribution >= 0.6 is 11.6 Å². The van der Waals surface area contributed by atoms with Crippen molar-refractivity contribution in [3.8, 4) is 0 Å². The van der Waals surface area contributed by atoms with E-state index >= 15 is 0 Å². The molecule has 0 radical (unpaired) electrons. The predicted octanol–water partition coefficient (Wildman–Crippen LogP) is 2.84. The minimum Gasteiger partial charge on any atom is -0.481 e. The van der Waals surface area contributed by atoms with Crippen LogP contribution in [0.2, 0.25) is 0 Å². The number of aliphatic hydroxyl groups excluding tert-OH is 2. The third kappa shape index (κ3) is 7.59. The van der Waals surface area contributed by atoms with Crippen LogP contribution < -0.4 is 0 Å². The highest BCUT2D eigenvalue weighted by Crippen LogP contribution is 2.31. The lowest BCUT2D eigenvalue weighted by Gasteiger charge is -2.23. The van der Waals surface area contributed by atoms with E-state index in [1.165, 1.54) is 6.08 Å². The van der Waals surface area contributed by atoms with Gasteiger partial charge >= 0.3 is 11.9 Å². The van der Waals surface area contributed by atoms with Gasteiger partial charge in [-0.05, 0) is 38.7 Å². The minimum atomic E-state index is -1.12. The Morgan fingerprint density at radius 3 is 2.83 bits per heavy atom. The number of halogens is 1. The number of hydrogen-bond acceptors (Lipinski definition) is 6. The van der Waals surface area contributed by atoms with Gasteiger partial charge in [0.05, 0.1) is 25.0 Å². The van der Waals surface area contributed by atoms with Crippen LogP contribution in [-0.2, 0) is 19.1 Å². The summed E-state index contributed by atoms with van der Waals surface area (Å²) in [7, 11) is 0. The highest BCUT2D eigenvalue weighted by Gasteiger charge is 2.41. The molecule has 7 nitrogen and oxygen atoms in total. The van der Waals surface area contributed by atoms with E-state index in [2.05, 4.69) is 0 Å². The van der Waals surface area contributed by atoms with Crippen molar-refractivity contribution < 1.29 is 34.4 Å². The van der Waals surface area contributed by atoms with Gasteiger partial charge in [-0.25, -0.2) is 0 Å². The number of allylic oxidation sites excluding steroid dienone is 3. The average molecular weight is 429 g/mol. The van der Waals surface area contributed by atoms with Crippen LogP contribution in [0.25, 0.3) is 0 Å². The van der Waals surface area contributed by atoms with Crippen molar-refractivity contribution in [2.45, 2.75) is 82.9 Å². The third-order valence-corrected chi connectivity index (χ3v) is 5.43. The van der Waals surface area contributed by atoms with Gasteiger partial charge in [-0.2, -0.15) is 0 Å². The zero-order valence-electron chi connectivity index (χ0n) is 16.7. The topological polar surface area (TPSA) is 113 Å². The van der Waals surface area contributed by atoms with Gasteiger partial charge in [0.2, 0.25) is 0 Å². The molecule has 0 saturated carbocycles. The second-order valence-corrected chi connectivity index (χ2v) is 8.14. The summed E-state index contributed by atoms with van der Waals surface area (Å²) in [4.78, 5) is 23.2. The van der Waals surface area contributed by atoms with E-state index < -0.39 is 36.4 Å². The first-order chi connectivity index (χ1) is 13.7. The summed E-state index contributed by atoms with van der Waals surface area (Å²) < 4.78 is 11.5. The number of hydrogen-bond donors (Lipinski definition) is 3. The summed E-state index contributed by atoms with van der Waals surface area (Å²) in [5, 5.41) is 30.3. The van der Waals surface area contributed by atoms with Crippen molar-refractivity contribution in [3.05, 3.63) is 34.4 Å². The van der Waals surface area contributed by atoms with Crippen LogP contribution in [0.4, 0.5) is 0 Å². The standard InChI is InChI=1S/C21H29ClO7/c1-12(9-19(25)26)8-17(24)21-18-10-15(28-21)7-6-14(22)5-3-4-13(2)16(23)11-20(27)29-18/h4-5,8,15-18,21,23-24H,3,6-7,9-11H2,1-2H3,(H,25,26). The van der Waals surface area contributed by atoms with Gasteiger partial charge in [0.25, 0.3) is 0 Å². The maximum Gasteiger partial charge on any atom is 0.309 e. The van der Waals surface area contributed by atoms with Gasteiger partial charge in [0.15, 0.2) is 0 Å². The Morgan fingerprint density at radius 2 is 2.14 bits per heavy atom. The molecule has 2 aliphatic heterocycles. The smallest absolute Gasteiger partial charge is 0.309 e. The Balaban J connectivity index is 2.19. The number of esters is 1. The number of carbonyl (C=O) groups excluding carboxylic acids is 1. The summed E-state index contributed by atoms with van der Waals surface area (Å²) in [5.74, 6) is -1.57. The number of ether oxygens (including phenoxy) is 2. The molecule has 8 heteroatoms. The summed E-state index contributed by atoms with van der Waals surface area (Å²) in [6.07, 6.45) is 3.00. The lowest BCUT2D eigenvalue weighted by molar-refractivity contribution is -0.156. The largest absolute Gasteiger partial charge is 0.481 e. The molecule has 0 aromatic rings. The molecule has 2 rings (SSSR count). The quantitative estimate of drug-likeness (QED) is 0.466. The number of aliphatic hydroxyl groups is 2. The first kappa shape index (κ1) is 23.6. The van der Waals surface area contributed by atoms with E-state index in [9.17, 15) is 19.8 Å². The second-order valence-electron chi connectivity index (χ2n) is 7.65. The van der Waals surface area contributed by atoms with Crippen molar-refractivity contribution in [3.63, 3.8) is 0 Å². The molecule has 3 N–H and O–H groups in total. The molecule has 0 spiro atoms. The van der Waals surface area contributed by atoms with Gasteiger partial charge in [-0.1, -0.05) is 35.4 Å². The molecule has 5 atom stereocenters. The normalized spacial score (nSPS) is 30.7. The number of carboxylic acid groups (broad SMARTS) is 1. The Kier molecular flexibility index (Phi) is 8.89. The van der Waals surface area contributed by atoms with E-state index in [4.69, 9.17) is 26.2 Å².